The van der Waals surface area contributed by atoms with Gasteiger partial charge in [0.25, 0.3) is 0 Å². The maximum atomic E-state index is 12.4. The van der Waals surface area contributed by atoms with E-state index >= 15 is 0 Å². The van der Waals surface area contributed by atoms with Crippen LogP contribution in [0.4, 0.5) is 0 Å². The van der Waals surface area contributed by atoms with Gasteiger partial charge < -0.3 is 14.2 Å². The summed E-state index contributed by atoms with van der Waals surface area (Å²) in [6.45, 7) is 11.0. The molecule has 0 saturated carbocycles. The standard InChI is InChI=1S/C23H26O4/c1-5-16-27-20-12-8-19(9-13-20)21(24)14-10-18-11-15-22(25-6-2)23(17(18)4)26-7-3/h5,8-15H,1,6-7,16H2,2-4H3. The molecule has 0 aliphatic heterocycles. The molecule has 142 valence electrons. The van der Waals surface area contributed by atoms with Crippen molar-refractivity contribution in [3.05, 3.63) is 71.8 Å². The average molecular weight is 366 g/mol. The Bertz CT molecular complexity index is 804. The summed E-state index contributed by atoms with van der Waals surface area (Å²) >= 11 is 0. The van der Waals surface area contributed by atoms with Gasteiger partial charge in [0.15, 0.2) is 17.3 Å². The largest absolute Gasteiger partial charge is 0.490 e. The van der Waals surface area contributed by atoms with Crippen LogP contribution in [0.15, 0.2) is 55.1 Å². The van der Waals surface area contributed by atoms with E-state index in [0.29, 0.717) is 31.1 Å². The van der Waals surface area contributed by atoms with Crippen LogP contribution in [0.2, 0.25) is 0 Å². The third-order valence-corrected chi connectivity index (χ3v) is 3.92. The van der Waals surface area contributed by atoms with E-state index in [1.165, 1.54) is 0 Å². The lowest BCUT2D eigenvalue weighted by atomic mass is 10.0. The molecule has 0 aliphatic rings. The second-order valence-electron chi connectivity index (χ2n) is 5.79. The predicted octanol–water partition coefficient (Wildman–Crippen LogP) is 5.25. The monoisotopic (exact) mass is 366 g/mol. The quantitative estimate of drug-likeness (QED) is 0.327. The van der Waals surface area contributed by atoms with Crippen LogP contribution in [0.5, 0.6) is 17.2 Å². The van der Waals surface area contributed by atoms with E-state index in [2.05, 4.69) is 6.58 Å². The molecule has 27 heavy (non-hydrogen) atoms. The fraction of sp³-hybridized carbons (Fsp3) is 0.261. The van der Waals surface area contributed by atoms with Crippen molar-refractivity contribution in [2.24, 2.45) is 0 Å². The van der Waals surface area contributed by atoms with Crippen LogP contribution >= 0.6 is 0 Å². The van der Waals surface area contributed by atoms with E-state index in [-0.39, 0.29) is 5.78 Å². The topological polar surface area (TPSA) is 44.8 Å². The van der Waals surface area contributed by atoms with Gasteiger partial charge in [0.2, 0.25) is 0 Å². The first-order chi connectivity index (χ1) is 13.1. The molecule has 0 spiro atoms. The van der Waals surface area contributed by atoms with Gasteiger partial charge in [-0.25, -0.2) is 0 Å². The van der Waals surface area contributed by atoms with E-state index in [1.807, 2.05) is 32.9 Å². The molecule has 0 saturated heterocycles. The summed E-state index contributed by atoms with van der Waals surface area (Å²) in [6, 6.07) is 10.9. The number of rotatable bonds is 10. The molecule has 4 nitrogen and oxygen atoms in total. The zero-order valence-electron chi connectivity index (χ0n) is 16.2. The van der Waals surface area contributed by atoms with Crippen molar-refractivity contribution in [1.82, 2.24) is 0 Å². The highest BCUT2D eigenvalue weighted by molar-refractivity contribution is 6.07. The molecule has 0 unspecified atom stereocenters. The Labute approximate surface area is 161 Å². The molecule has 0 bridgehead atoms. The maximum absolute atomic E-state index is 12.4. The molecule has 0 amide bonds. The van der Waals surface area contributed by atoms with Gasteiger partial charge >= 0.3 is 0 Å². The Morgan fingerprint density at radius 1 is 1.00 bits per heavy atom. The molecule has 0 heterocycles. The van der Waals surface area contributed by atoms with Gasteiger partial charge in [-0.3, -0.25) is 4.79 Å². The number of carbonyl (C=O) groups excluding carboxylic acids is 1. The molecular weight excluding hydrogens is 340 g/mol. The summed E-state index contributed by atoms with van der Waals surface area (Å²) < 4.78 is 16.8. The van der Waals surface area contributed by atoms with Crippen LogP contribution in [0.3, 0.4) is 0 Å². The number of carbonyl (C=O) groups is 1. The highest BCUT2D eigenvalue weighted by Crippen LogP contribution is 2.34. The first kappa shape index (κ1) is 20.3. The third kappa shape index (κ3) is 5.48. The SMILES string of the molecule is C=CCOc1ccc(C(=O)C=Cc2ccc(OCC)c(OCC)c2C)cc1. The van der Waals surface area contributed by atoms with E-state index in [1.54, 1.807) is 42.5 Å². The minimum absolute atomic E-state index is 0.0727. The van der Waals surface area contributed by atoms with Crippen molar-refractivity contribution < 1.29 is 19.0 Å². The lowest BCUT2D eigenvalue weighted by Crippen LogP contribution is -2.01. The Hall–Kier alpha value is -3.01. The molecular formula is C23H26O4. The van der Waals surface area contributed by atoms with Gasteiger partial charge in [-0.05, 0) is 62.7 Å². The Morgan fingerprint density at radius 3 is 2.33 bits per heavy atom. The van der Waals surface area contributed by atoms with Gasteiger partial charge in [-0.1, -0.05) is 24.8 Å². The maximum Gasteiger partial charge on any atom is 0.185 e. The van der Waals surface area contributed by atoms with Crippen molar-refractivity contribution in [3.63, 3.8) is 0 Å². The molecule has 0 N–H and O–H groups in total. The molecule has 2 rings (SSSR count). The van der Waals surface area contributed by atoms with Crippen LogP contribution in [0, 0.1) is 6.92 Å². The van der Waals surface area contributed by atoms with E-state index < -0.39 is 0 Å². The summed E-state index contributed by atoms with van der Waals surface area (Å²) in [5.41, 5.74) is 2.46. The smallest absolute Gasteiger partial charge is 0.185 e. The normalized spacial score (nSPS) is 10.6. The molecule has 0 fully saturated rings. The molecule has 0 atom stereocenters. The Balaban J connectivity index is 2.17. The molecule has 0 radical (unpaired) electrons. The van der Waals surface area contributed by atoms with Gasteiger partial charge in [0.1, 0.15) is 12.4 Å². The number of hydrogen-bond donors (Lipinski definition) is 0. The fourth-order valence-electron chi connectivity index (χ4n) is 2.59. The summed E-state index contributed by atoms with van der Waals surface area (Å²) in [6.07, 6.45) is 5.05. The lowest BCUT2D eigenvalue weighted by Gasteiger charge is -2.15. The van der Waals surface area contributed by atoms with Crippen LogP contribution in [0.25, 0.3) is 6.08 Å². The second-order valence-corrected chi connectivity index (χ2v) is 5.79. The Morgan fingerprint density at radius 2 is 1.70 bits per heavy atom. The summed E-state index contributed by atoms with van der Waals surface area (Å²) in [7, 11) is 0. The van der Waals surface area contributed by atoms with Gasteiger partial charge in [0, 0.05) is 11.1 Å². The first-order valence-electron chi connectivity index (χ1n) is 9.06. The van der Waals surface area contributed by atoms with E-state index in [4.69, 9.17) is 14.2 Å². The zero-order chi connectivity index (χ0) is 19.6. The predicted molar refractivity (Wildman–Crippen MR) is 109 cm³/mol. The minimum atomic E-state index is -0.0727. The number of ether oxygens (including phenoxy) is 3. The van der Waals surface area contributed by atoms with Crippen LogP contribution in [-0.4, -0.2) is 25.6 Å². The van der Waals surface area contributed by atoms with Gasteiger partial charge in [-0.2, -0.15) is 0 Å². The van der Waals surface area contributed by atoms with Crippen LogP contribution in [-0.2, 0) is 0 Å². The molecule has 4 heteroatoms. The number of ketones is 1. The molecule has 0 aromatic heterocycles. The van der Waals surface area contributed by atoms with Gasteiger partial charge in [-0.15, -0.1) is 0 Å². The number of benzene rings is 2. The zero-order valence-corrected chi connectivity index (χ0v) is 16.2. The van der Waals surface area contributed by atoms with Crippen molar-refractivity contribution in [1.29, 1.82) is 0 Å². The highest BCUT2D eigenvalue weighted by Gasteiger charge is 2.11. The summed E-state index contributed by atoms with van der Waals surface area (Å²) in [5, 5.41) is 0. The van der Waals surface area contributed by atoms with Crippen LogP contribution in [0.1, 0.15) is 35.3 Å². The van der Waals surface area contributed by atoms with Crippen molar-refractivity contribution in [3.8, 4) is 17.2 Å². The lowest BCUT2D eigenvalue weighted by molar-refractivity contribution is 0.104. The first-order valence-corrected chi connectivity index (χ1v) is 9.06. The third-order valence-electron chi connectivity index (χ3n) is 3.92. The van der Waals surface area contributed by atoms with Crippen molar-refractivity contribution in [2.75, 3.05) is 19.8 Å². The minimum Gasteiger partial charge on any atom is -0.490 e. The van der Waals surface area contributed by atoms with Gasteiger partial charge in [0.05, 0.1) is 13.2 Å². The average Bonchev–Trinajstić information content (AvgIpc) is 2.69. The van der Waals surface area contributed by atoms with Crippen molar-refractivity contribution >= 4 is 11.9 Å². The number of allylic oxidation sites excluding steroid dienone is 1. The second kappa shape index (κ2) is 10.2. The molecule has 2 aromatic rings. The summed E-state index contributed by atoms with van der Waals surface area (Å²) in [5.74, 6) is 2.07. The number of hydrogen-bond acceptors (Lipinski definition) is 4. The van der Waals surface area contributed by atoms with E-state index in [9.17, 15) is 4.79 Å². The van der Waals surface area contributed by atoms with Crippen LogP contribution < -0.4 is 14.2 Å². The molecule has 0 aliphatic carbocycles. The van der Waals surface area contributed by atoms with E-state index in [0.717, 1.165) is 22.6 Å². The Kier molecular flexibility index (Phi) is 7.68. The molecule has 2 aromatic carbocycles. The fourth-order valence-corrected chi connectivity index (χ4v) is 2.59. The summed E-state index contributed by atoms with van der Waals surface area (Å²) in [4.78, 5) is 12.4. The highest BCUT2D eigenvalue weighted by atomic mass is 16.5. The van der Waals surface area contributed by atoms with Crippen molar-refractivity contribution in [2.45, 2.75) is 20.8 Å².